The van der Waals surface area contributed by atoms with Gasteiger partial charge in [0.2, 0.25) is 0 Å². The lowest BCUT2D eigenvalue weighted by molar-refractivity contribution is 0.410. The van der Waals surface area contributed by atoms with E-state index in [0.717, 1.165) is 44.5 Å². The van der Waals surface area contributed by atoms with E-state index >= 15 is 0 Å². The Bertz CT molecular complexity index is 1230. The summed E-state index contributed by atoms with van der Waals surface area (Å²) >= 11 is 0. The van der Waals surface area contributed by atoms with Crippen molar-refractivity contribution >= 4 is 21.5 Å². The van der Waals surface area contributed by atoms with Crippen LogP contribution in [0.3, 0.4) is 0 Å². The van der Waals surface area contributed by atoms with Crippen LogP contribution in [0.4, 0.5) is 0 Å². The second-order valence-corrected chi connectivity index (χ2v) is 7.25. The van der Waals surface area contributed by atoms with Crippen LogP contribution < -0.4 is 9.47 Å². The molecular formula is C28H22O2. The molecule has 0 aliphatic carbocycles. The highest BCUT2D eigenvalue weighted by atomic mass is 16.5. The third-order valence-electron chi connectivity index (χ3n) is 5.66. The second kappa shape index (κ2) is 7.57. The number of ether oxygens (including phenoxy) is 2. The fourth-order valence-electron chi connectivity index (χ4n) is 4.40. The predicted molar refractivity (Wildman–Crippen MR) is 125 cm³/mol. The minimum Gasteiger partial charge on any atom is -0.496 e. The van der Waals surface area contributed by atoms with Gasteiger partial charge in [0.1, 0.15) is 11.5 Å². The average molecular weight is 390 g/mol. The molecule has 5 rings (SSSR count). The lowest BCUT2D eigenvalue weighted by Gasteiger charge is -2.21. The Morgan fingerprint density at radius 3 is 1.17 bits per heavy atom. The number of rotatable bonds is 4. The lowest BCUT2D eigenvalue weighted by Crippen LogP contribution is -1.96. The SMILES string of the molecule is COc1ccc(OC)c2c(-c3ccccc3)c3ccccc3c(-c3ccccc3)c12. The number of hydrogen-bond acceptors (Lipinski definition) is 2. The fraction of sp³-hybridized carbons (Fsp3) is 0.0714. The summed E-state index contributed by atoms with van der Waals surface area (Å²) in [5, 5.41) is 4.53. The number of benzene rings is 5. The Morgan fingerprint density at radius 1 is 0.433 bits per heavy atom. The van der Waals surface area contributed by atoms with Crippen LogP contribution in [0.1, 0.15) is 0 Å². The van der Waals surface area contributed by atoms with E-state index in [4.69, 9.17) is 9.47 Å². The van der Waals surface area contributed by atoms with Crippen LogP contribution in [0, 0.1) is 0 Å². The molecule has 0 aliphatic rings. The van der Waals surface area contributed by atoms with Crippen LogP contribution >= 0.6 is 0 Å². The largest absolute Gasteiger partial charge is 0.496 e. The summed E-state index contributed by atoms with van der Waals surface area (Å²) in [6.07, 6.45) is 0. The van der Waals surface area contributed by atoms with Gasteiger partial charge < -0.3 is 9.47 Å². The first kappa shape index (κ1) is 18.3. The fourth-order valence-corrected chi connectivity index (χ4v) is 4.40. The summed E-state index contributed by atoms with van der Waals surface area (Å²) in [7, 11) is 3.46. The Morgan fingerprint density at radius 2 is 0.800 bits per heavy atom. The van der Waals surface area contributed by atoms with E-state index in [0.29, 0.717) is 0 Å². The van der Waals surface area contributed by atoms with E-state index in [1.165, 1.54) is 10.8 Å². The highest BCUT2D eigenvalue weighted by Gasteiger charge is 2.22. The Kier molecular flexibility index (Phi) is 4.61. The summed E-state index contributed by atoms with van der Waals surface area (Å²) < 4.78 is 11.7. The summed E-state index contributed by atoms with van der Waals surface area (Å²) in [6, 6.07) is 33.6. The van der Waals surface area contributed by atoms with Crippen molar-refractivity contribution in [3.63, 3.8) is 0 Å². The predicted octanol–water partition coefficient (Wildman–Crippen LogP) is 7.34. The van der Waals surface area contributed by atoms with Crippen LogP contribution in [0.2, 0.25) is 0 Å². The Labute approximate surface area is 176 Å². The van der Waals surface area contributed by atoms with Gasteiger partial charge in [-0.1, -0.05) is 84.9 Å². The molecule has 0 spiro atoms. The maximum atomic E-state index is 5.87. The van der Waals surface area contributed by atoms with E-state index in [1.54, 1.807) is 14.2 Å². The molecule has 30 heavy (non-hydrogen) atoms. The van der Waals surface area contributed by atoms with Crippen molar-refractivity contribution in [2.24, 2.45) is 0 Å². The van der Waals surface area contributed by atoms with Gasteiger partial charge in [-0.25, -0.2) is 0 Å². The molecule has 0 bridgehead atoms. The summed E-state index contributed by atoms with van der Waals surface area (Å²) in [5.74, 6) is 1.68. The summed E-state index contributed by atoms with van der Waals surface area (Å²) in [4.78, 5) is 0. The van der Waals surface area contributed by atoms with E-state index in [1.807, 2.05) is 24.3 Å². The van der Waals surface area contributed by atoms with Gasteiger partial charge in [0, 0.05) is 21.9 Å². The first-order valence-corrected chi connectivity index (χ1v) is 10.0. The molecule has 146 valence electrons. The molecule has 2 heteroatoms. The van der Waals surface area contributed by atoms with Crippen molar-refractivity contribution in [2.75, 3.05) is 14.2 Å². The zero-order chi connectivity index (χ0) is 20.5. The van der Waals surface area contributed by atoms with Gasteiger partial charge in [-0.2, -0.15) is 0 Å². The van der Waals surface area contributed by atoms with Gasteiger partial charge in [-0.3, -0.25) is 0 Å². The highest BCUT2D eigenvalue weighted by molar-refractivity contribution is 6.24. The van der Waals surface area contributed by atoms with Gasteiger partial charge in [-0.05, 0) is 34.0 Å². The normalized spacial score (nSPS) is 11.0. The van der Waals surface area contributed by atoms with Gasteiger partial charge in [0.25, 0.3) is 0 Å². The molecule has 5 aromatic rings. The highest BCUT2D eigenvalue weighted by Crippen LogP contribution is 2.49. The minimum atomic E-state index is 0.840. The van der Waals surface area contributed by atoms with E-state index in [9.17, 15) is 0 Å². The Balaban J connectivity index is 2.11. The van der Waals surface area contributed by atoms with Crippen LogP contribution in [0.15, 0.2) is 97.1 Å². The van der Waals surface area contributed by atoms with Gasteiger partial charge in [0.15, 0.2) is 0 Å². The summed E-state index contributed by atoms with van der Waals surface area (Å²) in [5.41, 5.74) is 4.64. The third kappa shape index (κ3) is 2.81. The van der Waals surface area contributed by atoms with Crippen molar-refractivity contribution in [1.82, 2.24) is 0 Å². The van der Waals surface area contributed by atoms with Crippen LogP contribution in [0.25, 0.3) is 43.8 Å². The first-order valence-electron chi connectivity index (χ1n) is 10.0. The molecule has 0 radical (unpaired) electrons. The molecule has 0 heterocycles. The van der Waals surface area contributed by atoms with E-state index in [-0.39, 0.29) is 0 Å². The maximum Gasteiger partial charge on any atom is 0.127 e. The molecule has 0 fully saturated rings. The van der Waals surface area contributed by atoms with E-state index in [2.05, 4.69) is 72.8 Å². The molecule has 0 amide bonds. The van der Waals surface area contributed by atoms with E-state index < -0.39 is 0 Å². The minimum absolute atomic E-state index is 0.840. The van der Waals surface area contributed by atoms with Crippen LogP contribution in [-0.4, -0.2) is 14.2 Å². The van der Waals surface area contributed by atoms with Crippen molar-refractivity contribution in [2.45, 2.75) is 0 Å². The van der Waals surface area contributed by atoms with Crippen LogP contribution in [0.5, 0.6) is 11.5 Å². The molecule has 0 aromatic heterocycles. The molecule has 2 nitrogen and oxygen atoms in total. The number of methoxy groups -OCH3 is 2. The number of fused-ring (bicyclic) bond motifs is 2. The monoisotopic (exact) mass is 390 g/mol. The third-order valence-corrected chi connectivity index (χ3v) is 5.66. The van der Waals surface area contributed by atoms with Gasteiger partial charge in [-0.15, -0.1) is 0 Å². The molecule has 0 saturated carbocycles. The second-order valence-electron chi connectivity index (χ2n) is 7.25. The molecule has 5 aromatic carbocycles. The molecule has 0 N–H and O–H groups in total. The standard InChI is InChI=1S/C28H22O2/c1-29-23-17-18-24(30-2)28-26(20-13-7-4-8-14-20)22-16-10-9-15-21(22)25(27(23)28)19-11-5-3-6-12-19/h3-18H,1-2H3. The summed E-state index contributed by atoms with van der Waals surface area (Å²) in [6.45, 7) is 0. The molecule has 0 unspecified atom stereocenters. The quantitative estimate of drug-likeness (QED) is 0.299. The van der Waals surface area contributed by atoms with Crippen molar-refractivity contribution in [1.29, 1.82) is 0 Å². The lowest BCUT2D eigenvalue weighted by atomic mass is 9.85. The molecule has 0 saturated heterocycles. The van der Waals surface area contributed by atoms with Gasteiger partial charge in [0.05, 0.1) is 14.2 Å². The smallest absolute Gasteiger partial charge is 0.127 e. The topological polar surface area (TPSA) is 18.5 Å². The molecule has 0 aliphatic heterocycles. The van der Waals surface area contributed by atoms with Crippen molar-refractivity contribution in [3.8, 4) is 33.8 Å². The number of hydrogen-bond donors (Lipinski definition) is 0. The van der Waals surface area contributed by atoms with Crippen molar-refractivity contribution < 1.29 is 9.47 Å². The molecular weight excluding hydrogens is 368 g/mol. The Hall–Kier alpha value is -3.78. The van der Waals surface area contributed by atoms with Crippen molar-refractivity contribution in [3.05, 3.63) is 97.1 Å². The zero-order valence-corrected chi connectivity index (χ0v) is 17.1. The average Bonchev–Trinajstić information content (AvgIpc) is 2.82. The zero-order valence-electron chi connectivity index (χ0n) is 17.1. The maximum absolute atomic E-state index is 5.87. The first-order chi connectivity index (χ1) is 14.8. The molecule has 0 atom stereocenters. The van der Waals surface area contributed by atoms with Gasteiger partial charge >= 0.3 is 0 Å². The van der Waals surface area contributed by atoms with Crippen LogP contribution in [-0.2, 0) is 0 Å².